The summed E-state index contributed by atoms with van der Waals surface area (Å²) in [5, 5.41) is 5.70. The second-order valence-corrected chi connectivity index (χ2v) is 6.65. The van der Waals surface area contributed by atoms with Gasteiger partial charge in [-0.25, -0.2) is 4.98 Å². The number of aryl methyl sites for hydroxylation is 1. The number of hydrogen-bond acceptors (Lipinski definition) is 4. The van der Waals surface area contributed by atoms with Gasteiger partial charge in [0.1, 0.15) is 5.01 Å². The van der Waals surface area contributed by atoms with Crippen molar-refractivity contribution < 1.29 is 9.59 Å². The fourth-order valence-corrected chi connectivity index (χ4v) is 3.82. The van der Waals surface area contributed by atoms with Crippen LogP contribution in [0.3, 0.4) is 0 Å². The Labute approximate surface area is 145 Å². The molecule has 1 aromatic heterocycles. The summed E-state index contributed by atoms with van der Waals surface area (Å²) in [6.45, 7) is 6.12. The maximum Gasteiger partial charge on any atom is 0.254 e. The molecule has 2 heterocycles. The molecule has 5 nitrogen and oxygen atoms in total. The number of thiazole rings is 1. The van der Waals surface area contributed by atoms with E-state index in [-0.39, 0.29) is 17.9 Å². The van der Waals surface area contributed by atoms with Crippen LogP contribution in [-0.4, -0.2) is 28.2 Å². The van der Waals surface area contributed by atoms with E-state index in [4.69, 9.17) is 0 Å². The number of carbonyl (C=O) groups is 2. The molecule has 1 fully saturated rings. The highest BCUT2D eigenvalue weighted by atomic mass is 32.1. The zero-order chi connectivity index (χ0) is 17.1. The van der Waals surface area contributed by atoms with E-state index in [2.05, 4.69) is 16.9 Å². The van der Waals surface area contributed by atoms with E-state index in [1.165, 1.54) is 6.08 Å². The molecule has 2 amide bonds. The lowest BCUT2D eigenvalue weighted by molar-refractivity contribution is -0.111. The van der Waals surface area contributed by atoms with E-state index in [9.17, 15) is 9.59 Å². The largest absolute Gasteiger partial charge is 0.329 e. The van der Waals surface area contributed by atoms with Gasteiger partial charge in [-0.3, -0.25) is 9.59 Å². The topological polar surface area (TPSA) is 62.3 Å². The lowest BCUT2D eigenvalue weighted by atomic mass is 10.1. The average Bonchev–Trinajstić information content (AvgIpc) is 3.22. The first-order valence-electron chi connectivity index (χ1n) is 7.85. The van der Waals surface area contributed by atoms with Crippen LogP contribution in [0.1, 0.15) is 39.9 Å². The minimum Gasteiger partial charge on any atom is -0.329 e. The smallest absolute Gasteiger partial charge is 0.254 e. The Kier molecular flexibility index (Phi) is 4.76. The summed E-state index contributed by atoms with van der Waals surface area (Å²) in [6, 6.07) is 7.04. The van der Waals surface area contributed by atoms with Gasteiger partial charge in [0, 0.05) is 28.9 Å². The molecule has 6 heteroatoms. The van der Waals surface area contributed by atoms with E-state index in [0.717, 1.165) is 30.1 Å². The Hall–Kier alpha value is -2.47. The fraction of sp³-hybridized carbons (Fsp3) is 0.278. The molecule has 2 aromatic rings. The molecule has 1 unspecified atom stereocenters. The van der Waals surface area contributed by atoms with Crippen molar-refractivity contribution in [1.29, 1.82) is 0 Å². The van der Waals surface area contributed by atoms with Gasteiger partial charge in [-0.05, 0) is 44.0 Å². The maximum atomic E-state index is 12.9. The number of rotatable bonds is 4. The monoisotopic (exact) mass is 341 g/mol. The Morgan fingerprint density at radius 2 is 2.29 bits per heavy atom. The first-order chi connectivity index (χ1) is 11.6. The van der Waals surface area contributed by atoms with Crippen molar-refractivity contribution in [3.05, 3.63) is 58.6 Å². The van der Waals surface area contributed by atoms with Crippen LogP contribution in [0.2, 0.25) is 0 Å². The zero-order valence-corrected chi connectivity index (χ0v) is 14.3. The van der Waals surface area contributed by atoms with E-state index in [1.54, 1.807) is 35.6 Å². The summed E-state index contributed by atoms with van der Waals surface area (Å²) in [5.41, 5.74) is 2.15. The molecular formula is C18H19N3O2S. The number of likely N-dealkylation sites (tertiary alicyclic amines) is 1. The molecule has 1 saturated heterocycles. The van der Waals surface area contributed by atoms with Gasteiger partial charge in [0.15, 0.2) is 0 Å². The molecule has 0 spiro atoms. The predicted molar refractivity (Wildman–Crippen MR) is 95.1 cm³/mol. The molecule has 0 bridgehead atoms. The van der Waals surface area contributed by atoms with Crippen LogP contribution in [0.15, 0.2) is 42.3 Å². The maximum absolute atomic E-state index is 12.9. The summed E-state index contributed by atoms with van der Waals surface area (Å²) < 4.78 is 0. The number of nitrogens with zero attached hydrogens (tertiary/aromatic N) is 2. The molecule has 1 aliphatic heterocycles. The Morgan fingerprint density at radius 3 is 3.00 bits per heavy atom. The second kappa shape index (κ2) is 6.97. The van der Waals surface area contributed by atoms with Crippen LogP contribution in [0.4, 0.5) is 5.69 Å². The number of benzene rings is 1. The zero-order valence-electron chi connectivity index (χ0n) is 13.5. The summed E-state index contributed by atoms with van der Waals surface area (Å²) in [4.78, 5) is 30.8. The van der Waals surface area contributed by atoms with Gasteiger partial charge in [-0.2, -0.15) is 0 Å². The van der Waals surface area contributed by atoms with Crippen LogP contribution in [-0.2, 0) is 4.79 Å². The van der Waals surface area contributed by atoms with Crippen LogP contribution in [0.5, 0.6) is 0 Å². The van der Waals surface area contributed by atoms with Gasteiger partial charge in [0.25, 0.3) is 5.91 Å². The molecule has 0 radical (unpaired) electrons. The lowest BCUT2D eigenvalue weighted by Gasteiger charge is -2.23. The summed E-state index contributed by atoms with van der Waals surface area (Å²) in [7, 11) is 0. The molecule has 1 atom stereocenters. The minimum absolute atomic E-state index is 0.0277. The third-order valence-corrected chi connectivity index (χ3v) is 5.06. The van der Waals surface area contributed by atoms with Crippen molar-refractivity contribution in [2.45, 2.75) is 25.8 Å². The first kappa shape index (κ1) is 16.4. The summed E-state index contributed by atoms with van der Waals surface area (Å²) in [6.07, 6.45) is 3.11. The fourth-order valence-electron chi connectivity index (χ4n) is 2.88. The molecule has 1 aliphatic rings. The SMILES string of the molecule is C=CC(=O)Nc1cccc(C(=O)N2CCCC2c2nc(C)cs2)c1. The minimum atomic E-state index is -0.295. The highest BCUT2D eigenvalue weighted by Crippen LogP contribution is 2.34. The number of anilines is 1. The third-order valence-electron chi connectivity index (χ3n) is 4.00. The van der Waals surface area contributed by atoms with E-state index in [0.29, 0.717) is 11.3 Å². The number of nitrogens with one attached hydrogen (secondary N) is 1. The van der Waals surface area contributed by atoms with Crippen molar-refractivity contribution in [3.8, 4) is 0 Å². The van der Waals surface area contributed by atoms with Crippen LogP contribution < -0.4 is 5.32 Å². The predicted octanol–water partition coefficient (Wildman–Crippen LogP) is 3.55. The molecule has 1 aromatic carbocycles. The summed E-state index contributed by atoms with van der Waals surface area (Å²) in [5.74, 6) is -0.322. The van der Waals surface area contributed by atoms with Crippen LogP contribution in [0, 0.1) is 6.92 Å². The Bertz CT molecular complexity index is 784. The highest BCUT2D eigenvalue weighted by Gasteiger charge is 2.32. The second-order valence-electron chi connectivity index (χ2n) is 5.76. The number of carbonyl (C=O) groups excluding carboxylic acids is 2. The van der Waals surface area contributed by atoms with Gasteiger partial charge in [0.2, 0.25) is 5.91 Å². The average molecular weight is 341 g/mol. The van der Waals surface area contributed by atoms with Crippen molar-refractivity contribution in [1.82, 2.24) is 9.88 Å². The van der Waals surface area contributed by atoms with Crippen LogP contribution in [0.25, 0.3) is 0 Å². The quantitative estimate of drug-likeness (QED) is 0.865. The molecule has 3 rings (SSSR count). The van der Waals surface area contributed by atoms with Crippen molar-refractivity contribution in [2.75, 3.05) is 11.9 Å². The van der Waals surface area contributed by atoms with Crippen LogP contribution >= 0.6 is 11.3 Å². The lowest BCUT2D eigenvalue weighted by Crippen LogP contribution is -2.30. The Balaban J connectivity index is 1.81. The normalized spacial score (nSPS) is 16.9. The molecular weight excluding hydrogens is 322 g/mol. The van der Waals surface area contributed by atoms with E-state index in [1.807, 2.05) is 17.2 Å². The van der Waals surface area contributed by atoms with Gasteiger partial charge >= 0.3 is 0 Å². The number of amides is 2. The third kappa shape index (κ3) is 3.38. The molecule has 1 N–H and O–H groups in total. The van der Waals surface area contributed by atoms with E-state index >= 15 is 0 Å². The van der Waals surface area contributed by atoms with Crippen molar-refractivity contribution in [3.63, 3.8) is 0 Å². The Morgan fingerprint density at radius 1 is 1.46 bits per heavy atom. The molecule has 24 heavy (non-hydrogen) atoms. The molecule has 0 saturated carbocycles. The number of hydrogen-bond donors (Lipinski definition) is 1. The molecule has 124 valence electrons. The first-order valence-corrected chi connectivity index (χ1v) is 8.73. The molecule has 0 aliphatic carbocycles. The van der Waals surface area contributed by atoms with Gasteiger partial charge in [-0.1, -0.05) is 12.6 Å². The van der Waals surface area contributed by atoms with Gasteiger partial charge in [-0.15, -0.1) is 11.3 Å². The standard InChI is InChI=1S/C18H19N3O2S/c1-3-16(22)20-14-7-4-6-13(10-14)18(23)21-9-5-8-15(21)17-19-12(2)11-24-17/h3-4,6-7,10-11,15H,1,5,8-9H2,2H3,(H,20,22). The van der Waals surface area contributed by atoms with E-state index < -0.39 is 0 Å². The van der Waals surface area contributed by atoms with Gasteiger partial charge in [0.05, 0.1) is 6.04 Å². The highest BCUT2D eigenvalue weighted by molar-refractivity contribution is 7.09. The van der Waals surface area contributed by atoms with Crippen molar-refractivity contribution in [2.24, 2.45) is 0 Å². The number of aromatic nitrogens is 1. The summed E-state index contributed by atoms with van der Waals surface area (Å²) >= 11 is 1.60. The van der Waals surface area contributed by atoms with Crippen molar-refractivity contribution >= 4 is 28.8 Å². The van der Waals surface area contributed by atoms with Gasteiger partial charge < -0.3 is 10.2 Å².